The molecule has 120 valence electrons. The van der Waals surface area contributed by atoms with Crippen molar-refractivity contribution in [3.63, 3.8) is 0 Å². The highest BCUT2D eigenvalue weighted by Gasteiger charge is 2.17. The van der Waals surface area contributed by atoms with Gasteiger partial charge in [-0.15, -0.1) is 0 Å². The Labute approximate surface area is 149 Å². The number of nitrogens with zero attached hydrogens (tertiary/aromatic N) is 2. The van der Waals surface area contributed by atoms with Crippen LogP contribution in [-0.4, -0.2) is 15.9 Å². The lowest BCUT2D eigenvalue weighted by Crippen LogP contribution is -2.15. The number of carbonyl (C=O) groups excluding carboxylic acids is 1. The minimum absolute atomic E-state index is 0.293. The fourth-order valence-electron chi connectivity index (χ4n) is 2.58. The second-order valence-corrected chi connectivity index (χ2v) is 6.02. The van der Waals surface area contributed by atoms with Crippen LogP contribution in [0.2, 0.25) is 10.2 Å². The molecule has 0 bridgehead atoms. The molecule has 0 aliphatic rings. The summed E-state index contributed by atoms with van der Waals surface area (Å²) in [6.07, 6.45) is 1.70. The summed E-state index contributed by atoms with van der Waals surface area (Å²) in [5.41, 5.74) is 9.23. The first kappa shape index (κ1) is 16.4. The standard InChI is InChI=1S/C18H13Cl2N3O/c1-10-17(18(21)24)12(9-16(20)23-10)11-5-6-14(19)13(8-11)15-4-2-3-7-22-15/h2-9H,1H3,(H2,21,24). The van der Waals surface area contributed by atoms with Crippen LogP contribution in [0, 0.1) is 6.92 Å². The molecule has 3 rings (SSSR count). The lowest BCUT2D eigenvalue weighted by molar-refractivity contribution is 0.1000. The molecule has 0 saturated heterocycles. The number of rotatable bonds is 3. The van der Waals surface area contributed by atoms with E-state index in [9.17, 15) is 4.79 Å². The van der Waals surface area contributed by atoms with Crippen molar-refractivity contribution in [1.29, 1.82) is 0 Å². The van der Waals surface area contributed by atoms with Gasteiger partial charge >= 0.3 is 0 Å². The average molecular weight is 358 g/mol. The molecule has 0 aliphatic carbocycles. The van der Waals surface area contributed by atoms with Gasteiger partial charge < -0.3 is 5.73 Å². The molecular weight excluding hydrogens is 345 g/mol. The fourth-order valence-corrected chi connectivity index (χ4v) is 3.03. The number of aryl methyl sites for hydroxylation is 1. The molecule has 2 heterocycles. The van der Waals surface area contributed by atoms with Crippen molar-refractivity contribution >= 4 is 29.1 Å². The van der Waals surface area contributed by atoms with E-state index in [0.717, 1.165) is 16.8 Å². The number of carbonyl (C=O) groups is 1. The van der Waals surface area contributed by atoms with E-state index in [1.54, 1.807) is 25.3 Å². The van der Waals surface area contributed by atoms with Crippen LogP contribution in [0.4, 0.5) is 0 Å². The zero-order valence-corrected chi connectivity index (χ0v) is 14.3. The van der Waals surface area contributed by atoms with E-state index in [4.69, 9.17) is 28.9 Å². The fraction of sp³-hybridized carbons (Fsp3) is 0.0556. The third-order valence-corrected chi connectivity index (χ3v) is 4.16. The van der Waals surface area contributed by atoms with Crippen LogP contribution >= 0.6 is 23.2 Å². The van der Waals surface area contributed by atoms with Gasteiger partial charge in [0.15, 0.2) is 0 Å². The number of amides is 1. The van der Waals surface area contributed by atoms with Gasteiger partial charge in [-0.25, -0.2) is 4.98 Å². The summed E-state index contributed by atoms with van der Waals surface area (Å²) in [6, 6.07) is 12.6. The maximum absolute atomic E-state index is 11.8. The molecule has 0 radical (unpaired) electrons. The molecule has 1 amide bonds. The Bertz CT molecular complexity index is 927. The number of hydrogen-bond acceptors (Lipinski definition) is 3. The normalized spacial score (nSPS) is 10.6. The van der Waals surface area contributed by atoms with Crippen molar-refractivity contribution in [2.75, 3.05) is 0 Å². The smallest absolute Gasteiger partial charge is 0.251 e. The Balaban J connectivity index is 2.24. The second-order valence-electron chi connectivity index (χ2n) is 5.23. The van der Waals surface area contributed by atoms with E-state index in [1.807, 2.05) is 30.3 Å². The molecule has 0 aliphatic heterocycles. The first-order valence-corrected chi connectivity index (χ1v) is 7.91. The van der Waals surface area contributed by atoms with E-state index in [-0.39, 0.29) is 0 Å². The molecule has 1 aromatic carbocycles. The van der Waals surface area contributed by atoms with Crippen LogP contribution in [0.3, 0.4) is 0 Å². The Hall–Kier alpha value is -2.43. The molecule has 6 heteroatoms. The first-order chi connectivity index (χ1) is 11.5. The Kier molecular flexibility index (Phi) is 4.51. The van der Waals surface area contributed by atoms with Crippen molar-refractivity contribution in [1.82, 2.24) is 9.97 Å². The monoisotopic (exact) mass is 357 g/mol. The predicted molar refractivity (Wildman–Crippen MR) is 96.2 cm³/mol. The topological polar surface area (TPSA) is 68.9 Å². The third-order valence-electron chi connectivity index (χ3n) is 3.63. The van der Waals surface area contributed by atoms with Gasteiger partial charge in [0.05, 0.1) is 17.0 Å². The highest BCUT2D eigenvalue weighted by molar-refractivity contribution is 6.33. The summed E-state index contributed by atoms with van der Waals surface area (Å²) in [7, 11) is 0. The van der Waals surface area contributed by atoms with Crippen LogP contribution in [-0.2, 0) is 0 Å². The average Bonchev–Trinajstić information content (AvgIpc) is 2.55. The van der Waals surface area contributed by atoms with Crippen molar-refractivity contribution in [2.45, 2.75) is 6.92 Å². The van der Waals surface area contributed by atoms with Crippen LogP contribution in [0.5, 0.6) is 0 Å². The predicted octanol–water partition coefficient (Wildman–Crippen LogP) is 4.52. The number of aromatic nitrogens is 2. The number of pyridine rings is 2. The molecule has 4 nitrogen and oxygen atoms in total. The van der Waals surface area contributed by atoms with Gasteiger partial charge in [0, 0.05) is 16.8 Å². The number of benzene rings is 1. The summed E-state index contributed by atoms with van der Waals surface area (Å²) in [5, 5.41) is 0.858. The molecule has 0 spiro atoms. The van der Waals surface area contributed by atoms with Crippen LogP contribution in [0.1, 0.15) is 16.1 Å². The Morgan fingerprint density at radius 1 is 1.08 bits per heavy atom. The summed E-state index contributed by atoms with van der Waals surface area (Å²) in [5.74, 6) is -0.555. The van der Waals surface area contributed by atoms with Crippen LogP contribution in [0.25, 0.3) is 22.4 Å². The van der Waals surface area contributed by atoms with E-state index in [1.165, 1.54) is 0 Å². The Morgan fingerprint density at radius 3 is 2.54 bits per heavy atom. The van der Waals surface area contributed by atoms with Gasteiger partial charge in [-0.3, -0.25) is 9.78 Å². The molecule has 0 fully saturated rings. The van der Waals surface area contributed by atoms with E-state index >= 15 is 0 Å². The molecule has 24 heavy (non-hydrogen) atoms. The third kappa shape index (κ3) is 3.11. The molecule has 0 saturated carbocycles. The highest BCUT2D eigenvalue weighted by Crippen LogP contribution is 2.34. The second kappa shape index (κ2) is 6.59. The molecule has 0 unspecified atom stereocenters. The number of halogens is 2. The van der Waals surface area contributed by atoms with Gasteiger partial charge in [0.1, 0.15) is 5.15 Å². The maximum Gasteiger partial charge on any atom is 0.251 e. The van der Waals surface area contributed by atoms with Gasteiger partial charge in [-0.1, -0.05) is 35.3 Å². The van der Waals surface area contributed by atoms with E-state index in [0.29, 0.717) is 27.0 Å². The summed E-state index contributed by atoms with van der Waals surface area (Å²) in [4.78, 5) is 20.3. The minimum atomic E-state index is -0.555. The summed E-state index contributed by atoms with van der Waals surface area (Å²) >= 11 is 12.4. The lowest BCUT2D eigenvalue weighted by atomic mass is 9.96. The van der Waals surface area contributed by atoms with Gasteiger partial charge in [-0.2, -0.15) is 0 Å². The Morgan fingerprint density at radius 2 is 1.88 bits per heavy atom. The zero-order valence-electron chi connectivity index (χ0n) is 12.8. The summed E-state index contributed by atoms with van der Waals surface area (Å²) < 4.78 is 0. The van der Waals surface area contributed by atoms with Crippen molar-refractivity contribution < 1.29 is 4.79 Å². The van der Waals surface area contributed by atoms with E-state index in [2.05, 4.69) is 9.97 Å². The number of hydrogen-bond donors (Lipinski definition) is 1. The number of nitrogens with two attached hydrogens (primary N) is 1. The van der Waals surface area contributed by atoms with Crippen molar-refractivity contribution in [2.24, 2.45) is 5.73 Å². The molecule has 2 aromatic heterocycles. The quantitative estimate of drug-likeness (QED) is 0.700. The van der Waals surface area contributed by atoms with Crippen LogP contribution in [0.15, 0.2) is 48.7 Å². The largest absolute Gasteiger partial charge is 0.366 e. The molecule has 3 aromatic rings. The first-order valence-electron chi connectivity index (χ1n) is 7.15. The maximum atomic E-state index is 11.8. The summed E-state index contributed by atoms with van der Waals surface area (Å²) in [6.45, 7) is 1.70. The van der Waals surface area contributed by atoms with E-state index < -0.39 is 5.91 Å². The van der Waals surface area contributed by atoms with Gasteiger partial charge in [0.2, 0.25) is 0 Å². The van der Waals surface area contributed by atoms with Crippen LogP contribution < -0.4 is 5.73 Å². The zero-order chi connectivity index (χ0) is 17.3. The van der Waals surface area contributed by atoms with Crippen molar-refractivity contribution in [3.05, 3.63) is 70.1 Å². The highest BCUT2D eigenvalue weighted by atomic mass is 35.5. The van der Waals surface area contributed by atoms with Gasteiger partial charge in [0.25, 0.3) is 5.91 Å². The minimum Gasteiger partial charge on any atom is -0.366 e. The molecule has 0 atom stereocenters. The number of primary amides is 1. The molecular formula is C18H13Cl2N3O. The van der Waals surface area contributed by atoms with Gasteiger partial charge in [-0.05, 0) is 48.4 Å². The van der Waals surface area contributed by atoms with Crippen molar-refractivity contribution in [3.8, 4) is 22.4 Å². The SMILES string of the molecule is Cc1nc(Cl)cc(-c2ccc(Cl)c(-c3ccccn3)c2)c1C(N)=O. The lowest BCUT2D eigenvalue weighted by Gasteiger charge is -2.12. The molecule has 2 N–H and O–H groups in total.